The minimum atomic E-state index is -4.72. The minimum absolute atomic E-state index is 0.232. The van der Waals surface area contributed by atoms with Gasteiger partial charge in [0.05, 0.1) is 0 Å². The van der Waals surface area contributed by atoms with E-state index in [1.807, 2.05) is 0 Å². The van der Waals surface area contributed by atoms with E-state index in [9.17, 15) is 13.2 Å². The van der Waals surface area contributed by atoms with Crippen LogP contribution in [-0.2, 0) is 11.3 Å². The Balaban J connectivity index is 1.71. The summed E-state index contributed by atoms with van der Waals surface area (Å²) in [7, 11) is 0. The van der Waals surface area contributed by atoms with E-state index in [1.165, 1.54) is 24.1 Å². The first kappa shape index (κ1) is 26.1. The molecule has 1 saturated carbocycles. The highest BCUT2D eigenvalue weighted by molar-refractivity contribution is 5.40. The van der Waals surface area contributed by atoms with Gasteiger partial charge in [0.2, 0.25) is 0 Å². The third kappa shape index (κ3) is 8.04. The molecule has 1 aliphatic carbocycles. The maximum atomic E-state index is 12.7. The Labute approximate surface area is 200 Å². The van der Waals surface area contributed by atoms with Crippen LogP contribution >= 0.6 is 0 Å². The standard InChI is InChI=1S/C25H36F3N3O3/c1-5-29-11-12-31(23(19-7-6-8-19)34-24(2,3)4)14-13-30-15-16-32-22-10-9-21(17-20(22)18-30)33-25(26,27)28/h5,9-10,17,29H,1,6-8,11-16,18H2,2-4H3. The number of hydrogen-bond donors (Lipinski definition) is 1. The molecule has 0 radical (unpaired) electrons. The molecule has 0 bridgehead atoms. The molecule has 0 atom stereocenters. The van der Waals surface area contributed by atoms with E-state index < -0.39 is 6.36 Å². The molecule has 1 heterocycles. The summed E-state index contributed by atoms with van der Waals surface area (Å²) in [6.07, 6.45) is 0.224. The van der Waals surface area contributed by atoms with Crippen LogP contribution in [0.25, 0.3) is 0 Å². The highest BCUT2D eigenvalue weighted by Crippen LogP contribution is 2.33. The number of hydrogen-bond acceptors (Lipinski definition) is 6. The molecule has 0 saturated heterocycles. The van der Waals surface area contributed by atoms with Crippen LogP contribution in [0.5, 0.6) is 11.5 Å². The first-order chi connectivity index (χ1) is 16.0. The third-order valence-corrected chi connectivity index (χ3v) is 5.63. The summed E-state index contributed by atoms with van der Waals surface area (Å²) in [5, 5.41) is 3.16. The fourth-order valence-corrected chi connectivity index (χ4v) is 3.91. The van der Waals surface area contributed by atoms with Crippen molar-refractivity contribution in [3.63, 3.8) is 0 Å². The van der Waals surface area contributed by atoms with Gasteiger partial charge in [-0.1, -0.05) is 6.58 Å². The highest BCUT2D eigenvalue weighted by atomic mass is 19.4. The van der Waals surface area contributed by atoms with Gasteiger partial charge in [-0.25, -0.2) is 0 Å². The second-order valence-corrected chi connectivity index (χ2v) is 9.56. The number of benzene rings is 1. The first-order valence-corrected chi connectivity index (χ1v) is 11.8. The molecular formula is C25H36F3N3O3. The van der Waals surface area contributed by atoms with Gasteiger partial charge in [-0.05, 0) is 70.0 Å². The van der Waals surface area contributed by atoms with E-state index in [-0.39, 0.29) is 11.4 Å². The summed E-state index contributed by atoms with van der Waals surface area (Å²) in [6.45, 7) is 14.4. The van der Waals surface area contributed by atoms with Crippen LogP contribution in [0.3, 0.4) is 0 Å². The van der Waals surface area contributed by atoms with E-state index >= 15 is 0 Å². The fraction of sp³-hybridized carbons (Fsp3) is 0.600. The zero-order valence-electron chi connectivity index (χ0n) is 20.3. The molecule has 3 rings (SSSR count). The molecule has 0 aromatic heterocycles. The quantitative estimate of drug-likeness (QED) is 0.372. The SMILES string of the molecule is C=CNCCN(CCN1CCOc2ccc(OC(F)(F)F)cc2C1)C(OC(C)(C)C)=C1CCC1. The van der Waals surface area contributed by atoms with Gasteiger partial charge in [0.1, 0.15) is 23.7 Å². The van der Waals surface area contributed by atoms with E-state index in [0.29, 0.717) is 37.6 Å². The van der Waals surface area contributed by atoms with Crippen LogP contribution in [0.15, 0.2) is 42.4 Å². The Morgan fingerprint density at radius 3 is 2.62 bits per heavy atom. The van der Waals surface area contributed by atoms with Crippen LogP contribution in [-0.4, -0.2) is 61.1 Å². The molecule has 34 heavy (non-hydrogen) atoms. The summed E-state index contributed by atoms with van der Waals surface area (Å²) in [6, 6.07) is 4.25. The van der Waals surface area contributed by atoms with Crippen LogP contribution in [0.1, 0.15) is 45.6 Å². The predicted octanol–water partition coefficient (Wildman–Crippen LogP) is 5.03. The topological polar surface area (TPSA) is 46.2 Å². The molecule has 1 aliphatic heterocycles. The predicted molar refractivity (Wildman–Crippen MR) is 125 cm³/mol. The van der Waals surface area contributed by atoms with Gasteiger partial charge in [0.15, 0.2) is 5.88 Å². The van der Waals surface area contributed by atoms with Crippen LogP contribution in [0.2, 0.25) is 0 Å². The molecule has 1 aromatic rings. The zero-order chi connectivity index (χ0) is 24.8. The van der Waals surface area contributed by atoms with Crippen LogP contribution in [0, 0.1) is 0 Å². The van der Waals surface area contributed by atoms with Crippen molar-refractivity contribution in [3.05, 3.63) is 48.0 Å². The largest absolute Gasteiger partial charge is 0.573 e. The lowest BCUT2D eigenvalue weighted by Gasteiger charge is -2.37. The van der Waals surface area contributed by atoms with Gasteiger partial charge in [-0.2, -0.15) is 0 Å². The Morgan fingerprint density at radius 2 is 2.00 bits per heavy atom. The summed E-state index contributed by atoms with van der Waals surface area (Å²) in [5.74, 6) is 1.32. The van der Waals surface area contributed by atoms with Gasteiger partial charge in [0.25, 0.3) is 0 Å². The van der Waals surface area contributed by atoms with Gasteiger partial charge in [-0.15, -0.1) is 13.2 Å². The lowest BCUT2D eigenvalue weighted by molar-refractivity contribution is -0.274. The van der Waals surface area contributed by atoms with E-state index in [0.717, 1.165) is 38.4 Å². The minimum Gasteiger partial charge on any atom is -0.492 e. The number of nitrogens with one attached hydrogen (secondary N) is 1. The van der Waals surface area contributed by atoms with Crippen molar-refractivity contribution in [2.75, 3.05) is 39.3 Å². The molecule has 6 nitrogen and oxygen atoms in total. The Bertz CT molecular complexity index is 859. The van der Waals surface area contributed by atoms with Crippen molar-refractivity contribution in [1.29, 1.82) is 0 Å². The Hall–Kier alpha value is -2.55. The fourth-order valence-electron chi connectivity index (χ4n) is 3.91. The van der Waals surface area contributed by atoms with Gasteiger partial charge < -0.3 is 24.4 Å². The second kappa shape index (κ2) is 11.3. The molecule has 9 heteroatoms. The summed E-state index contributed by atoms with van der Waals surface area (Å²) >= 11 is 0. The molecule has 190 valence electrons. The number of alkyl halides is 3. The molecule has 1 aromatic carbocycles. The lowest BCUT2D eigenvalue weighted by atomic mass is 9.92. The van der Waals surface area contributed by atoms with Crippen molar-refractivity contribution in [2.45, 2.75) is 58.5 Å². The Kier molecular flexibility index (Phi) is 8.62. The number of rotatable bonds is 10. The van der Waals surface area contributed by atoms with Crippen molar-refractivity contribution >= 4 is 0 Å². The molecule has 0 amide bonds. The number of ether oxygens (including phenoxy) is 3. The monoisotopic (exact) mass is 483 g/mol. The lowest BCUT2D eigenvalue weighted by Crippen LogP contribution is -2.41. The summed E-state index contributed by atoms with van der Waals surface area (Å²) in [4.78, 5) is 4.46. The average molecular weight is 484 g/mol. The van der Waals surface area contributed by atoms with Gasteiger partial charge in [0, 0.05) is 44.8 Å². The number of allylic oxidation sites excluding steroid dienone is 1. The van der Waals surface area contributed by atoms with E-state index in [1.54, 1.807) is 12.3 Å². The molecular weight excluding hydrogens is 447 g/mol. The van der Waals surface area contributed by atoms with Crippen LogP contribution < -0.4 is 14.8 Å². The van der Waals surface area contributed by atoms with Crippen molar-refractivity contribution in [3.8, 4) is 11.5 Å². The summed E-state index contributed by atoms with van der Waals surface area (Å²) in [5.41, 5.74) is 1.71. The van der Waals surface area contributed by atoms with Crippen molar-refractivity contribution in [1.82, 2.24) is 15.1 Å². The normalized spacial score (nSPS) is 16.5. The Morgan fingerprint density at radius 1 is 1.24 bits per heavy atom. The van der Waals surface area contributed by atoms with Crippen molar-refractivity contribution < 1.29 is 27.4 Å². The molecule has 1 fully saturated rings. The maximum absolute atomic E-state index is 12.7. The van der Waals surface area contributed by atoms with Crippen LogP contribution in [0.4, 0.5) is 13.2 Å². The average Bonchev–Trinajstić information content (AvgIpc) is 2.88. The summed E-state index contributed by atoms with van der Waals surface area (Å²) < 4.78 is 54.3. The molecule has 2 aliphatic rings. The third-order valence-electron chi connectivity index (χ3n) is 5.63. The number of fused-ring (bicyclic) bond motifs is 1. The smallest absolute Gasteiger partial charge is 0.492 e. The van der Waals surface area contributed by atoms with Gasteiger partial charge in [-0.3, -0.25) is 4.90 Å². The first-order valence-electron chi connectivity index (χ1n) is 11.8. The highest BCUT2D eigenvalue weighted by Gasteiger charge is 2.32. The molecule has 1 N–H and O–H groups in total. The van der Waals surface area contributed by atoms with E-state index in [2.05, 4.69) is 47.2 Å². The number of halogens is 3. The second-order valence-electron chi connectivity index (χ2n) is 9.56. The zero-order valence-corrected chi connectivity index (χ0v) is 20.3. The number of nitrogens with zero attached hydrogens (tertiary/aromatic N) is 2. The van der Waals surface area contributed by atoms with E-state index in [4.69, 9.17) is 9.47 Å². The van der Waals surface area contributed by atoms with Crippen molar-refractivity contribution in [2.24, 2.45) is 0 Å². The van der Waals surface area contributed by atoms with Gasteiger partial charge >= 0.3 is 6.36 Å². The maximum Gasteiger partial charge on any atom is 0.573 e. The molecule has 0 unspecified atom stereocenters. The molecule has 0 spiro atoms.